The molecule has 0 bridgehead atoms. The van der Waals surface area contributed by atoms with E-state index >= 15 is 0 Å². The van der Waals surface area contributed by atoms with E-state index in [1.165, 1.54) is 32.1 Å². The van der Waals surface area contributed by atoms with Gasteiger partial charge >= 0.3 is 6.09 Å². The molecule has 0 aliphatic rings. The third-order valence-corrected chi connectivity index (χ3v) is 4.42. The van der Waals surface area contributed by atoms with E-state index in [-0.39, 0.29) is 0 Å². The summed E-state index contributed by atoms with van der Waals surface area (Å²) in [6.45, 7) is 14.7. The van der Waals surface area contributed by atoms with Gasteiger partial charge in [-0.2, -0.15) is 0 Å². The molecule has 0 unspecified atom stereocenters. The fraction of sp³-hybridized carbons (Fsp3) is 0.960. The number of carbonyl (C=O) groups excluding carboxylic acids is 1. The van der Waals surface area contributed by atoms with Crippen molar-refractivity contribution in [3.8, 4) is 0 Å². The van der Waals surface area contributed by atoms with Crippen LogP contribution in [0.15, 0.2) is 0 Å². The van der Waals surface area contributed by atoms with Crippen molar-refractivity contribution in [2.75, 3.05) is 85.8 Å². The van der Waals surface area contributed by atoms with Gasteiger partial charge in [0.15, 0.2) is 0 Å². The SMILES string of the molecule is CCCCCCCCOCCOCCOCCOCCOCCOCCNC(=O)OC(C)(C)C. The van der Waals surface area contributed by atoms with Gasteiger partial charge in [-0.3, -0.25) is 0 Å². The highest BCUT2D eigenvalue weighted by molar-refractivity contribution is 5.67. The lowest BCUT2D eigenvalue weighted by Gasteiger charge is -2.19. The molecule has 0 heterocycles. The zero-order chi connectivity index (χ0) is 25.2. The van der Waals surface area contributed by atoms with Gasteiger partial charge < -0.3 is 38.5 Å². The molecule has 0 saturated carbocycles. The van der Waals surface area contributed by atoms with Crippen LogP contribution in [0.5, 0.6) is 0 Å². The van der Waals surface area contributed by atoms with E-state index in [0.717, 1.165) is 13.0 Å². The predicted octanol–water partition coefficient (Wildman–Crippen LogP) is 3.97. The van der Waals surface area contributed by atoms with Gasteiger partial charge in [-0.05, 0) is 27.2 Å². The van der Waals surface area contributed by atoms with Crippen molar-refractivity contribution in [2.24, 2.45) is 0 Å². The molecule has 9 nitrogen and oxygen atoms in total. The highest BCUT2D eigenvalue weighted by atomic mass is 16.6. The summed E-state index contributed by atoms with van der Waals surface area (Å²) < 4.78 is 37.9. The van der Waals surface area contributed by atoms with Crippen LogP contribution in [0.4, 0.5) is 4.79 Å². The van der Waals surface area contributed by atoms with E-state index < -0.39 is 11.7 Å². The molecule has 204 valence electrons. The highest BCUT2D eigenvalue weighted by Gasteiger charge is 2.15. The van der Waals surface area contributed by atoms with E-state index in [2.05, 4.69) is 12.2 Å². The molecule has 0 rings (SSSR count). The number of carbonyl (C=O) groups is 1. The van der Waals surface area contributed by atoms with Gasteiger partial charge in [-0.15, -0.1) is 0 Å². The summed E-state index contributed by atoms with van der Waals surface area (Å²) in [5.74, 6) is 0. The lowest BCUT2D eigenvalue weighted by molar-refractivity contribution is -0.0167. The normalized spacial score (nSPS) is 11.6. The second-order valence-electron chi connectivity index (χ2n) is 8.87. The number of ether oxygens (including phenoxy) is 7. The number of hydrogen-bond donors (Lipinski definition) is 1. The van der Waals surface area contributed by atoms with Gasteiger partial charge in [-0.1, -0.05) is 39.0 Å². The van der Waals surface area contributed by atoms with Gasteiger partial charge in [0, 0.05) is 13.2 Å². The van der Waals surface area contributed by atoms with Crippen LogP contribution in [-0.2, 0) is 33.2 Å². The molecule has 34 heavy (non-hydrogen) atoms. The quantitative estimate of drug-likeness (QED) is 0.191. The van der Waals surface area contributed by atoms with Gasteiger partial charge in [0.05, 0.1) is 72.7 Å². The molecule has 1 amide bonds. The number of amides is 1. The molecule has 0 aliphatic heterocycles. The third kappa shape index (κ3) is 29.1. The van der Waals surface area contributed by atoms with Crippen molar-refractivity contribution in [1.29, 1.82) is 0 Å². The Morgan fingerprint density at radius 2 is 0.941 bits per heavy atom. The molecular weight excluding hydrogens is 442 g/mol. The molecular formula is C25H51NO8. The van der Waals surface area contributed by atoms with E-state index in [1.807, 2.05) is 20.8 Å². The topological polar surface area (TPSA) is 93.7 Å². The summed E-state index contributed by atoms with van der Waals surface area (Å²) >= 11 is 0. The van der Waals surface area contributed by atoms with Crippen LogP contribution in [0.25, 0.3) is 0 Å². The van der Waals surface area contributed by atoms with Crippen LogP contribution in [-0.4, -0.2) is 97.5 Å². The monoisotopic (exact) mass is 493 g/mol. The summed E-state index contributed by atoms with van der Waals surface area (Å²) in [6.07, 6.45) is 7.24. The smallest absolute Gasteiger partial charge is 0.407 e. The third-order valence-electron chi connectivity index (χ3n) is 4.42. The lowest BCUT2D eigenvalue weighted by Crippen LogP contribution is -2.34. The van der Waals surface area contributed by atoms with Crippen molar-refractivity contribution in [3.05, 3.63) is 0 Å². The first kappa shape index (κ1) is 33.0. The largest absolute Gasteiger partial charge is 0.444 e. The van der Waals surface area contributed by atoms with E-state index in [1.54, 1.807) is 0 Å². The summed E-state index contributed by atoms with van der Waals surface area (Å²) in [5.41, 5.74) is -0.497. The zero-order valence-corrected chi connectivity index (χ0v) is 22.2. The van der Waals surface area contributed by atoms with E-state index in [9.17, 15) is 4.79 Å². The molecule has 0 saturated heterocycles. The molecule has 1 N–H and O–H groups in total. The van der Waals surface area contributed by atoms with Gasteiger partial charge in [0.1, 0.15) is 5.60 Å². The second kappa shape index (κ2) is 25.1. The Morgan fingerprint density at radius 1 is 0.559 bits per heavy atom. The van der Waals surface area contributed by atoms with Gasteiger partial charge in [0.2, 0.25) is 0 Å². The number of nitrogens with one attached hydrogen (secondary N) is 1. The molecule has 0 aromatic heterocycles. The second-order valence-corrected chi connectivity index (χ2v) is 8.87. The Balaban J connectivity index is 3.10. The maximum atomic E-state index is 11.4. The van der Waals surface area contributed by atoms with Crippen LogP contribution in [0.2, 0.25) is 0 Å². The minimum atomic E-state index is -0.497. The lowest BCUT2D eigenvalue weighted by atomic mass is 10.1. The minimum absolute atomic E-state index is 0.399. The van der Waals surface area contributed by atoms with E-state index in [4.69, 9.17) is 33.2 Å². The maximum absolute atomic E-state index is 11.4. The predicted molar refractivity (Wildman–Crippen MR) is 133 cm³/mol. The Morgan fingerprint density at radius 3 is 1.38 bits per heavy atom. The van der Waals surface area contributed by atoms with Gasteiger partial charge in [0.25, 0.3) is 0 Å². The maximum Gasteiger partial charge on any atom is 0.407 e. The van der Waals surface area contributed by atoms with Crippen LogP contribution in [0.3, 0.4) is 0 Å². The van der Waals surface area contributed by atoms with Crippen LogP contribution >= 0.6 is 0 Å². The molecule has 0 fully saturated rings. The van der Waals surface area contributed by atoms with Crippen molar-refractivity contribution < 1.29 is 38.0 Å². The first-order chi connectivity index (χ1) is 16.5. The molecule has 0 aromatic carbocycles. The fourth-order valence-corrected chi connectivity index (χ4v) is 2.73. The van der Waals surface area contributed by atoms with Crippen LogP contribution in [0.1, 0.15) is 66.2 Å². The van der Waals surface area contributed by atoms with Crippen molar-refractivity contribution in [3.63, 3.8) is 0 Å². The van der Waals surface area contributed by atoms with Gasteiger partial charge in [-0.25, -0.2) is 4.79 Å². The van der Waals surface area contributed by atoms with Crippen molar-refractivity contribution in [1.82, 2.24) is 5.32 Å². The number of unbranched alkanes of at least 4 members (excludes halogenated alkanes) is 5. The van der Waals surface area contributed by atoms with Crippen LogP contribution in [0, 0.1) is 0 Å². The number of alkyl carbamates (subject to hydrolysis) is 1. The Bertz CT molecular complexity index is 432. The Hall–Kier alpha value is -0.970. The average Bonchev–Trinajstić information content (AvgIpc) is 2.78. The standard InChI is InChI=1S/C25H51NO8/c1-5-6-7-8-9-10-12-28-14-16-30-18-20-32-22-23-33-21-19-31-17-15-29-13-11-26-24(27)34-25(2,3)4/h5-23H2,1-4H3,(H,26,27). The number of rotatable bonds is 25. The average molecular weight is 494 g/mol. The molecule has 0 aliphatic carbocycles. The highest BCUT2D eigenvalue weighted by Crippen LogP contribution is 2.06. The molecule has 0 aromatic rings. The Kier molecular flexibility index (Phi) is 24.4. The van der Waals surface area contributed by atoms with Crippen LogP contribution < -0.4 is 5.32 Å². The first-order valence-electron chi connectivity index (χ1n) is 12.9. The zero-order valence-electron chi connectivity index (χ0n) is 22.2. The summed E-state index contributed by atoms with van der Waals surface area (Å²) in [4.78, 5) is 11.4. The molecule has 0 atom stereocenters. The van der Waals surface area contributed by atoms with Crippen molar-refractivity contribution in [2.45, 2.75) is 71.8 Å². The molecule has 9 heteroatoms. The fourth-order valence-electron chi connectivity index (χ4n) is 2.73. The molecule has 0 radical (unpaired) electrons. The summed E-state index contributed by atoms with van der Waals surface area (Å²) in [6, 6.07) is 0. The minimum Gasteiger partial charge on any atom is -0.444 e. The number of hydrogen-bond acceptors (Lipinski definition) is 8. The van der Waals surface area contributed by atoms with E-state index in [0.29, 0.717) is 79.2 Å². The Labute approximate surface area is 207 Å². The summed E-state index contributed by atoms with van der Waals surface area (Å²) in [7, 11) is 0. The molecule has 0 spiro atoms. The van der Waals surface area contributed by atoms with Crippen molar-refractivity contribution >= 4 is 6.09 Å². The first-order valence-corrected chi connectivity index (χ1v) is 12.9. The summed E-state index contributed by atoms with van der Waals surface area (Å²) in [5, 5.41) is 2.63.